The summed E-state index contributed by atoms with van der Waals surface area (Å²) in [6.45, 7) is 4.40. The molecule has 2 heterocycles. The lowest BCUT2D eigenvalue weighted by molar-refractivity contribution is 0.118. The van der Waals surface area contributed by atoms with E-state index in [2.05, 4.69) is 0 Å². The van der Waals surface area contributed by atoms with E-state index in [1.807, 2.05) is 11.5 Å². The zero-order valence-corrected chi connectivity index (χ0v) is 14.2. The highest BCUT2D eigenvalue weighted by Gasteiger charge is 2.31. The Bertz CT molecular complexity index is 547. The summed E-state index contributed by atoms with van der Waals surface area (Å²) >= 11 is 5.88. The second-order valence-electron chi connectivity index (χ2n) is 5.41. The first-order valence-corrected chi connectivity index (χ1v) is 9.24. The minimum Gasteiger partial charge on any atom is -0.384 e. The molecule has 0 N–H and O–H groups in total. The maximum atomic E-state index is 12.8. The zero-order valence-electron chi connectivity index (χ0n) is 12.6. The van der Waals surface area contributed by atoms with Crippen LogP contribution in [0.5, 0.6) is 0 Å². The van der Waals surface area contributed by atoms with Crippen molar-refractivity contribution < 1.29 is 13.2 Å². The number of hydrogen-bond donors (Lipinski definition) is 0. The quantitative estimate of drug-likeness (QED) is 0.750. The van der Waals surface area contributed by atoms with Crippen LogP contribution in [0.2, 0.25) is 0 Å². The van der Waals surface area contributed by atoms with Gasteiger partial charge in [0, 0.05) is 38.6 Å². The summed E-state index contributed by atoms with van der Waals surface area (Å²) in [7, 11) is -1.78. The largest absolute Gasteiger partial charge is 0.384 e. The second-order valence-corrected chi connectivity index (χ2v) is 7.62. The molecule has 0 saturated carbocycles. The molecule has 0 amide bonds. The van der Waals surface area contributed by atoms with Gasteiger partial charge < -0.3 is 9.30 Å². The SMILES string of the molecule is CCn1cc(S(=O)(=O)N2CCCC(COC)C2)cc1CCl. The van der Waals surface area contributed by atoms with E-state index < -0.39 is 10.0 Å². The van der Waals surface area contributed by atoms with Gasteiger partial charge in [-0.2, -0.15) is 4.31 Å². The highest BCUT2D eigenvalue weighted by Crippen LogP contribution is 2.25. The Morgan fingerprint density at radius 2 is 2.24 bits per heavy atom. The summed E-state index contributed by atoms with van der Waals surface area (Å²) in [4.78, 5) is 0.345. The summed E-state index contributed by atoms with van der Waals surface area (Å²) in [6.07, 6.45) is 3.58. The van der Waals surface area contributed by atoms with E-state index in [0.29, 0.717) is 37.0 Å². The lowest BCUT2D eigenvalue weighted by Gasteiger charge is -2.31. The van der Waals surface area contributed by atoms with Crippen molar-refractivity contribution in [3.05, 3.63) is 18.0 Å². The molecule has 0 bridgehead atoms. The van der Waals surface area contributed by atoms with Crippen molar-refractivity contribution in [1.82, 2.24) is 8.87 Å². The van der Waals surface area contributed by atoms with Gasteiger partial charge in [0.25, 0.3) is 0 Å². The fraction of sp³-hybridized carbons (Fsp3) is 0.714. The van der Waals surface area contributed by atoms with E-state index in [0.717, 1.165) is 18.5 Å². The van der Waals surface area contributed by atoms with Crippen molar-refractivity contribution in [3.8, 4) is 0 Å². The number of ether oxygens (including phenoxy) is 1. The number of nitrogens with zero attached hydrogens (tertiary/aromatic N) is 2. The number of aromatic nitrogens is 1. The number of piperidine rings is 1. The van der Waals surface area contributed by atoms with Gasteiger partial charge in [-0.1, -0.05) is 0 Å². The van der Waals surface area contributed by atoms with Crippen LogP contribution in [0.15, 0.2) is 17.2 Å². The van der Waals surface area contributed by atoms with E-state index in [9.17, 15) is 8.42 Å². The Morgan fingerprint density at radius 3 is 2.81 bits per heavy atom. The molecule has 0 radical (unpaired) electrons. The van der Waals surface area contributed by atoms with Gasteiger partial charge in [0.05, 0.1) is 12.5 Å². The lowest BCUT2D eigenvalue weighted by atomic mass is 10.0. The van der Waals surface area contributed by atoms with Crippen LogP contribution in [0.4, 0.5) is 0 Å². The topological polar surface area (TPSA) is 51.5 Å². The highest BCUT2D eigenvalue weighted by atomic mass is 35.5. The average Bonchev–Trinajstić information content (AvgIpc) is 2.92. The minimum atomic E-state index is -3.44. The maximum absolute atomic E-state index is 12.8. The van der Waals surface area contributed by atoms with E-state index in [1.54, 1.807) is 23.7 Å². The number of methoxy groups -OCH3 is 1. The third kappa shape index (κ3) is 3.62. The highest BCUT2D eigenvalue weighted by molar-refractivity contribution is 7.89. The summed E-state index contributed by atoms with van der Waals surface area (Å²) in [5, 5.41) is 0. The van der Waals surface area contributed by atoms with Crippen LogP contribution < -0.4 is 0 Å². The van der Waals surface area contributed by atoms with Crippen LogP contribution in [0.25, 0.3) is 0 Å². The van der Waals surface area contributed by atoms with Gasteiger partial charge in [-0.05, 0) is 31.7 Å². The molecule has 1 aliphatic rings. The van der Waals surface area contributed by atoms with Crippen molar-refractivity contribution in [2.24, 2.45) is 5.92 Å². The predicted octanol–water partition coefficient (Wildman–Crippen LogP) is 2.29. The molecule has 1 fully saturated rings. The molecule has 0 aliphatic carbocycles. The normalized spacial score (nSPS) is 20.8. The monoisotopic (exact) mass is 334 g/mol. The molecule has 5 nitrogen and oxygen atoms in total. The molecular formula is C14H23ClN2O3S. The molecule has 0 spiro atoms. The van der Waals surface area contributed by atoms with E-state index >= 15 is 0 Å². The number of sulfonamides is 1. The third-order valence-corrected chi connectivity index (χ3v) is 6.06. The summed E-state index contributed by atoms with van der Waals surface area (Å²) in [5.74, 6) is 0.592. The smallest absolute Gasteiger partial charge is 0.244 e. The van der Waals surface area contributed by atoms with Crippen LogP contribution in [0.3, 0.4) is 0 Å². The van der Waals surface area contributed by atoms with E-state index in [-0.39, 0.29) is 5.92 Å². The summed E-state index contributed by atoms with van der Waals surface area (Å²) in [6, 6.07) is 1.69. The minimum absolute atomic E-state index is 0.277. The fourth-order valence-electron chi connectivity index (χ4n) is 2.84. The summed E-state index contributed by atoms with van der Waals surface area (Å²) in [5.41, 5.74) is 0.836. The van der Waals surface area contributed by atoms with Gasteiger partial charge in [0.15, 0.2) is 0 Å². The molecule has 120 valence electrons. The van der Waals surface area contributed by atoms with Gasteiger partial charge in [0.1, 0.15) is 4.90 Å². The Hall–Kier alpha value is -0.560. The first-order chi connectivity index (χ1) is 10.0. The van der Waals surface area contributed by atoms with Gasteiger partial charge >= 0.3 is 0 Å². The van der Waals surface area contributed by atoms with Crippen molar-refractivity contribution in [2.75, 3.05) is 26.8 Å². The molecule has 2 rings (SSSR count). The number of rotatable bonds is 6. The Balaban J connectivity index is 2.22. The predicted molar refractivity (Wildman–Crippen MR) is 83.0 cm³/mol. The molecule has 1 saturated heterocycles. The molecule has 1 atom stereocenters. The molecule has 1 aromatic rings. The number of hydrogen-bond acceptors (Lipinski definition) is 3. The number of alkyl halides is 1. The first kappa shape index (κ1) is 16.8. The molecular weight excluding hydrogens is 312 g/mol. The lowest BCUT2D eigenvalue weighted by Crippen LogP contribution is -2.41. The van der Waals surface area contributed by atoms with Crippen LogP contribution in [-0.4, -0.2) is 44.1 Å². The van der Waals surface area contributed by atoms with Gasteiger partial charge in [-0.15, -0.1) is 11.6 Å². The molecule has 1 aromatic heterocycles. The third-order valence-electron chi connectivity index (χ3n) is 3.96. The van der Waals surface area contributed by atoms with Crippen LogP contribution >= 0.6 is 11.6 Å². The van der Waals surface area contributed by atoms with Gasteiger partial charge in [-0.3, -0.25) is 0 Å². The van der Waals surface area contributed by atoms with Gasteiger partial charge in [0.2, 0.25) is 10.0 Å². The second kappa shape index (κ2) is 7.13. The molecule has 0 aromatic carbocycles. The van der Waals surface area contributed by atoms with E-state index in [4.69, 9.17) is 16.3 Å². The summed E-state index contributed by atoms with van der Waals surface area (Å²) < 4.78 is 34.2. The standard InChI is InChI=1S/C14H23ClN2O3S/c1-3-16-10-14(7-13(16)8-15)21(18,19)17-6-4-5-12(9-17)11-20-2/h7,10,12H,3-6,8-9,11H2,1-2H3. The van der Waals surface area contributed by atoms with Crippen LogP contribution in [-0.2, 0) is 27.2 Å². The van der Waals surface area contributed by atoms with Crippen molar-refractivity contribution >= 4 is 21.6 Å². The van der Waals surface area contributed by atoms with Crippen molar-refractivity contribution in [1.29, 1.82) is 0 Å². The van der Waals surface area contributed by atoms with E-state index in [1.165, 1.54) is 0 Å². The van der Waals surface area contributed by atoms with Gasteiger partial charge in [-0.25, -0.2) is 8.42 Å². The molecule has 7 heteroatoms. The van der Waals surface area contributed by atoms with Crippen molar-refractivity contribution in [2.45, 2.75) is 37.1 Å². The Kier molecular flexibility index (Phi) is 5.71. The van der Waals surface area contributed by atoms with Crippen molar-refractivity contribution in [3.63, 3.8) is 0 Å². The molecule has 21 heavy (non-hydrogen) atoms. The number of aryl methyl sites for hydroxylation is 1. The maximum Gasteiger partial charge on any atom is 0.244 e. The van der Waals surface area contributed by atoms with Crippen LogP contribution in [0.1, 0.15) is 25.5 Å². The fourth-order valence-corrected chi connectivity index (χ4v) is 4.69. The first-order valence-electron chi connectivity index (χ1n) is 7.27. The average molecular weight is 335 g/mol. The number of halogens is 1. The van der Waals surface area contributed by atoms with Crippen LogP contribution in [0, 0.1) is 5.92 Å². The Morgan fingerprint density at radius 1 is 1.48 bits per heavy atom. The zero-order chi connectivity index (χ0) is 15.5. The Labute approximate surface area is 131 Å². The molecule has 1 aliphatic heterocycles. The molecule has 1 unspecified atom stereocenters.